The lowest BCUT2D eigenvalue weighted by molar-refractivity contribution is -0.156. The van der Waals surface area contributed by atoms with Crippen molar-refractivity contribution in [3.63, 3.8) is 0 Å². The van der Waals surface area contributed by atoms with Crippen molar-refractivity contribution in [2.75, 3.05) is 13.6 Å². The Kier molecular flexibility index (Phi) is 5.33. The molecule has 0 spiro atoms. The molecule has 0 fully saturated rings. The molecule has 0 N–H and O–H groups in total. The number of ether oxygens (including phenoxy) is 1. The third kappa shape index (κ3) is 6.94. The summed E-state index contributed by atoms with van der Waals surface area (Å²) < 4.78 is 5.09. The first-order chi connectivity index (χ1) is 6.76. The second-order valence-corrected chi connectivity index (χ2v) is 4.49. The third-order valence-corrected chi connectivity index (χ3v) is 1.86. The second kappa shape index (κ2) is 5.73. The summed E-state index contributed by atoms with van der Waals surface area (Å²) in [5, 5.41) is 0. The lowest BCUT2D eigenvalue weighted by atomic mass is 10.2. The fourth-order valence-electron chi connectivity index (χ4n) is 0.969. The van der Waals surface area contributed by atoms with Gasteiger partial charge in [-0.1, -0.05) is 0 Å². The van der Waals surface area contributed by atoms with Gasteiger partial charge in [-0.25, -0.2) is 0 Å². The van der Waals surface area contributed by atoms with Gasteiger partial charge in [0.2, 0.25) is 5.91 Å². The molecule has 15 heavy (non-hydrogen) atoms. The van der Waals surface area contributed by atoms with Gasteiger partial charge < -0.3 is 9.64 Å². The van der Waals surface area contributed by atoms with Gasteiger partial charge in [0, 0.05) is 20.0 Å². The van der Waals surface area contributed by atoms with Crippen molar-refractivity contribution in [2.45, 2.75) is 46.1 Å². The molecule has 88 valence electrons. The normalized spacial score (nSPS) is 11.0. The van der Waals surface area contributed by atoms with Gasteiger partial charge >= 0.3 is 5.97 Å². The van der Waals surface area contributed by atoms with Crippen LogP contribution >= 0.6 is 0 Å². The molecule has 0 atom stereocenters. The molecule has 0 rings (SSSR count). The summed E-state index contributed by atoms with van der Waals surface area (Å²) in [4.78, 5) is 24.2. The predicted octanol–water partition coefficient (Wildman–Crippen LogP) is 1.59. The second-order valence-electron chi connectivity index (χ2n) is 4.49. The van der Waals surface area contributed by atoms with Crippen molar-refractivity contribution in [1.82, 2.24) is 4.90 Å². The minimum Gasteiger partial charge on any atom is -0.460 e. The van der Waals surface area contributed by atoms with Crippen LogP contribution < -0.4 is 0 Å². The quantitative estimate of drug-likeness (QED) is 0.669. The maximum atomic E-state index is 11.4. The first-order valence-electron chi connectivity index (χ1n) is 5.22. The van der Waals surface area contributed by atoms with E-state index >= 15 is 0 Å². The fraction of sp³-hybridized carbons (Fsp3) is 0.818. The van der Waals surface area contributed by atoms with E-state index in [1.165, 1.54) is 0 Å². The molecule has 4 heteroatoms. The van der Waals surface area contributed by atoms with Crippen LogP contribution in [0.3, 0.4) is 0 Å². The van der Waals surface area contributed by atoms with E-state index in [-0.39, 0.29) is 24.7 Å². The zero-order valence-corrected chi connectivity index (χ0v) is 10.3. The van der Waals surface area contributed by atoms with Crippen LogP contribution in [0.4, 0.5) is 0 Å². The molecule has 4 nitrogen and oxygen atoms in total. The molecule has 0 radical (unpaired) electrons. The van der Waals surface area contributed by atoms with Crippen molar-refractivity contribution in [3.05, 3.63) is 0 Å². The van der Waals surface area contributed by atoms with Gasteiger partial charge in [0.15, 0.2) is 0 Å². The number of carbonyl (C=O) groups is 2. The fourth-order valence-corrected chi connectivity index (χ4v) is 0.969. The number of rotatable bonds is 4. The van der Waals surface area contributed by atoms with Gasteiger partial charge in [-0.2, -0.15) is 0 Å². The molecule has 0 aromatic rings. The average Bonchev–Trinajstić information content (AvgIpc) is 2.10. The standard InChI is InChI=1S/C11H21NO3/c1-6-12(5)9(13)7-8-10(14)15-11(2,3)4/h6-8H2,1-5H3. The van der Waals surface area contributed by atoms with Crippen molar-refractivity contribution in [2.24, 2.45) is 0 Å². The number of carbonyl (C=O) groups excluding carboxylic acids is 2. The molecule has 0 bridgehead atoms. The molecule has 0 aliphatic carbocycles. The topological polar surface area (TPSA) is 46.6 Å². The lowest BCUT2D eigenvalue weighted by Crippen LogP contribution is -2.28. The van der Waals surface area contributed by atoms with Crippen LogP contribution in [0.2, 0.25) is 0 Å². The predicted molar refractivity (Wildman–Crippen MR) is 58.4 cm³/mol. The van der Waals surface area contributed by atoms with Crippen LogP contribution in [0.1, 0.15) is 40.5 Å². The zero-order valence-electron chi connectivity index (χ0n) is 10.3. The molecule has 0 aliphatic heterocycles. The van der Waals surface area contributed by atoms with E-state index in [0.717, 1.165) is 0 Å². The molecule has 1 amide bonds. The molecule has 0 saturated carbocycles. The van der Waals surface area contributed by atoms with Crippen LogP contribution in [0.15, 0.2) is 0 Å². The van der Waals surface area contributed by atoms with E-state index in [9.17, 15) is 9.59 Å². The highest BCUT2D eigenvalue weighted by Crippen LogP contribution is 2.09. The van der Waals surface area contributed by atoms with Gasteiger partial charge in [0.1, 0.15) is 5.60 Å². The summed E-state index contributed by atoms with van der Waals surface area (Å²) in [5.41, 5.74) is -0.475. The summed E-state index contributed by atoms with van der Waals surface area (Å²) in [6.45, 7) is 7.99. The summed E-state index contributed by atoms with van der Waals surface area (Å²) in [7, 11) is 1.72. The Bertz CT molecular complexity index is 230. The van der Waals surface area contributed by atoms with E-state index in [0.29, 0.717) is 6.54 Å². The maximum absolute atomic E-state index is 11.4. The number of hydrogen-bond acceptors (Lipinski definition) is 3. The number of nitrogens with zero attached hydrogens (tertiary/aromatic N) is 1. The van der Waals surface area contributed by atoms with E-state index in [4.69, 9.17) is 4.74 Å². The SMILES string of the molecule is CCN(C)C(=O)CCC(=O)OC(C)(C)C. The van der Waals surface area contributed by atoms with Gasteiger partial charge in [-0.05, 0) is 27.7 Å². The van der Waals surface area contributed by atoms with Gasteiger partial charge in [-0.15, -0.1) is 0 Å². The van der Waals surface area contributed by atoms with Crippen LogP contribution in [-0.2, 0) is 14.3 Å². The highest BCUT2D eigenvalue weighted by Gasteiger charge is 2.17. The van der Waals surface area contributed by atoms with Crippen molar-refractivity contribution in [3.8, 4) is 0 Å². The molecular weight excluding hydrogens is 194 g/mol. The van der Waals surface area contributed by atoms with Crippen LogP contribution in [0, 0.1) is 0 Å². The summed E-state index contributed by atoms with van der Waals surface area (Å²) in [6.07, 6.45) is 0.375. The molecule has 0 saturated heterocycles. The van der Waals surface area contributed by atoms with E-state index in [1.807, 2.05) is 27.7 Å². The monoisotopic (exact) mass is 215 g/mol. The first kappa shape index (κ1) is 13.9. The van der Waals surface area contributed by atoms with Crippen molar-refractivity contribution >= 4 is 11.9 Å². The number of esters is 1. The summed E-state index contributed by atoms with van der Waals surface area (Å²) in [6, 6.07) is 0. The largest absolute Gasteiger partial charge is 0.460 e. The highest BCUT2D eigenvalue weighted by molar-refractivity contribution is 5.81. The van der Waals surface area contributed by atoms with E-state index < -0.39 is 5.60 Å². The van der Waals surface area contributed by atoms with Crippen molar-refractivity contribution in [1.29, 1.82) is 0 Å². The Balaban J connectivity index is 3.87. The zero-order chi connectivity index (χ0) is 12.1. The molecule has 0 aliphatic rings. The first-order valence-corrected chi connectivity index (χ1v) is 5.22. The maximum Gasteiger partial charge on any atom is 0.306 e. The average molecular weight is 215 g/mol. The Morgan fingerprint density at radius 1 is 1.20 bits per heavy atom. The van der Waals surface area contributed by atoms with Gasteiger partial charge in [-0.3, -0.25) is 9.59 Å². The number of hydrogen-bond donors (Lipinski definition) is 0. The van der Waals surface area contributed by atoms with E-state index in [1.54, 1.807) is 11.9 Å². The number of amides is 1. The Hall–Kier alpha value is -1.06. The Morgan fingerprint density at radius 3 is 2.13 bits per heavy atom. The minimum absolute atomic E-state index is 0.0247. The lowest BCUT2D eigenvalue weighted by Gasteiger charge is -2.20. The summed E-state index contributed by atoms with van der Waals surface area (Å²) in [5.74, 6) is -0.344. The van der Waals surface area contributed by atoms with Crippen LogP contribution in [0.5, 0.6) is 0 Å². The summed E-state index contributed by atoms with van der Waals surface area (Å²) >= 11 is 0. The third-order valence-electron chi connectivity index (χ3n) is 1.86. The van der Waals surface area contributed by atoms with Crippen LogP contribution in [0.25, 0.3) is 0 Å². The smallest absolute Gasteiger partial charge is 0.306 e. The van der Waals surface area contributed by atoms with E-state index in [2.05, 4.69) is 0 Å². The van der Waals surface area contributed by atoms with Crippen LogP contribution in [-0.4, -0.2) is 36.0 Å². The molecule has 0 aromatic carbocycles. The minimum atomic E-state index is -0.475. The Morgan fingerprint density at radius 2 is 1.73 bits per heavy atom. The van der Waals surface area contributed by atoms with Gasteiger partial charge in [0.05, 0.1) is 6.42 Å². The Labute approximate surface area is 91.6 Å². The molecule has 0 heterocycles. The molecular formula is C11H21NO3. The highest BCUT2D eigenvalue weighted by atomic mass is 16.6. The molecule has 0 unspecified atom stereocenters. The van der Waals surface area contributed by atoms with Crippen molar-refractivity contribution < 1.29 is 14.3 Å². The molecule has 0 aromatic heterocycles. The van der Waals surface area contributed by atoms with Gasteiger partial charge in [0.25, 0.3) is 0 Å².